The lowest BCUT2D eigenvalue weighted by Gasteiger charge is -2.22. The molecule has 0 amide bonds. The molecule has 1 unspecified atom stereocenters. The van der Waals surface area contributed by atoms with Crippen molar-refractivity contribution in [3.05, 3.63) is 12.2 Å². The van der Waals surface area contributed by atoms with Crippen molar-refractivity contribution in [3.63, 3.8) is 0 Å². The second kappa shape index (κ2) is 12.4. The molecule has 1 rings (SSSR count). The average molecular weight is 266 g/mol. The fourth-order valence-electron chi connectivity index (χ4n) is 2.70. The number of hydrogen-bond donors (Lipinski definition) is 0. The number of aldehydes is 1. The summed E-state index contributed by atoms with van der Waals surface area (Å²) < 4.78 is 5.74. The molecule has 19 heavy (non-hydrogen) atoms. The van der Waals surface area contributed by atoms with Gasteiger partial charge >= 0.3 is 0 Å². The van der Waals surface area contributed by atoms with Crippen molar-refractivity contribution in [3.8, 4) is 0 Å². The van der Waals surface area contributed by atoms with Gasteiger partial charge in [0.05, 0.1) is 6.10 Å². The molecule has 1 atom stereocenters. The number of carbonyl (C=O) groups excluding carboxylic acids is 1. The van der Waals surface area contributed by atoms with Crippen molar-refractivity contribution in [2.24, 2.45) is 0 Å². The zero-order valence-corrected chi connectivity index (χ0v) is 12.3. The van der Waals surface area contributed by atoms with Gasteiger partial charge in [0.2, 0.25) is 0 Å². The first-order valence-electron chi connectivity index (χ1n) is 8.15. The molecule has 110 valence electrons. The maximum atomic E-state index is 10.1. The minimum Gasteiger partial charge on any atom is -0.378 e. The van der Waals surface area contributed by atoms with E-state index in [2.05, 4.69) is 0 Å². The van der Waals surface area contributed by atoms with Crippen LogP contribution in [0.25, 0.3) is 0 Å². The SMILES string of the molecule is O=C/C=C/CCCCCCCCCC1CCCCO1. The molecule has 0 spiro atoms. The quantitative estimate of drug-likeness (QED) is 0.304. The summed E-state index contributed by atoms with van der Waals surface area (Å²) in [6, 6.07) is 0. The smallest absolute Gasteiger partial charge is 0.142 e. The van der Waals surface area contributed by atoms with E-state index in [4.69, 9.17) is 4.74 Å². The van der Waals surface area contributed by atoms with Gasteiger partial charge in [-0.3, -0.25) is 4.79 Å². The summed E-state index contributed by atoms with van der Waals surface area (Å²) >= 11 is 0. The minimum absolute atomic E-state index is 0.568. The third-order valence-electron chi connectivity index (χ3n) is 3.89. The van der Waals surface area contributed by atoms with Gasteiger partial charge in [-0.15, -0.1) is 0 Å². The van der Waals surface area contributed by atoms with Crippen LogP contribution in [0.1, 0.15) is 77.0 Å². The summed E-state index contributed by atoms with van der Waals surface area (Å²) in [6.07, 6.45) is 20.5. The van der Waals surface area contributed by atoms with E-state index in [-0.39, 0.29) is 0 Å². The van der Waals surface area contributed by atoms with Crippen molar-refractivity contribution in [1.29, 1.82) is 0 Å². The lowest BCUT2D eigenvalue weighted by molar-refractivity contribution is -0.104. The van der Waals surface area contributed by atoms with Gasteiger partial charge in [-0.05, 0) is 44.6 Å². The lowest BCUT2D eigenvalue weighted by atomic mass is 10.0. The van der Waals surface area contributed by atoms with Crippen LogP contribution in [-0.2, 0) is 9.53 Å². The molecular formula is C17H30O2. The summed E-state index contributed by atoms with van der Waals surface area (Å²) in [5.74, 6) is 0. The van der Waals surface area contributed by atoms with E-state index in [9.17, 15) is 4.79 Å². The van der Waals surface area contributed by atoms with Gasteiger partial charge in [0.25, 0.3) is 0 Å². The van der Waals surface area contributed by atoms with Crippen LogP contribution in [-0.4, -0.2) is 19.0 Å². The Balaban J connectivity index is 1.75. The van der Waals surface area contributed by atoms with Crippen molar-refractivity contribution in [2.45, 2.75) is 83.2 Å². The van der Waals surface area contributed by atoms with E-state index >= 15 is 0 Å². The summed E-state index contributed by atoms with van der Waals surface area (Å²) in [6.45, 7) is 0.989. The summed E-state index contributed by atoms with van der Waals surface area (Å²) in [5.41, 5.74) is 0. The fraction of sp³-hybridized carbons (Fsp3) is 0.824. The Labute approximate surface area is 118 Å². The fourth-order valence-corrected chi connectivity index (χ4v) is 2.70. The third kappa shape index (κ3) is 9.89. The first kappa shape index (κ1) is 16.4. The van der Waals surface area contributed by atoms with Gasteiger partial charge in [-0.25, -0.2) is 0 Å². The Morgan fingerprint density at radius 1 is 0.947 bits per heavy atom. The van der Waals surface area contributed by atoms with Crippen LogP contribution in [0, 0.1) is 0 Å². The highest BCUT2D eigenvalue weighted by Gasteiger charge is 2.12. The minimum atomic E-state index is 0.568. The first-order valence-corrected chi connectivity index (χ1v) is 8.15. The topological polar surface area (TPSA) is 26.3 Å². The van der Waals surface area contributed by atoms with Crippen LogP contribution < -0.4 is 0 Å². The van der Waals surface area contributed by atoms with Crippen LogP contribution in [0.3, 0.4) is 0 Å². The van der Waals surface area contributed by atoms with Crippen molar-refractivity contribution < 1.29 is 9.53 Å². The molecule has 1 saturated heterocycles. The van der Waals surface area contributed by atoms with Crippen LogP contribution in [0.4, 0.5) is 0 Å². The molecule has 0 aromatic carbocycles. The van der Waals surface area contributed by atoms with E-state index in [1.165, 1.54) is 70.6 Å². The zero-order chi connectivity index (χ0) is 13.6. The number of carbonyl (C=O) groups is 1. The number of hydrogen-bond acceptors (Lipinski definition) is 2. The molecule has 1 aliphatic rings. The highest BCUT2D eigenvalue weighted by Crippen LogP contribution is 2.19. The van der Waals surface area contributed by atoms with Crippen molar-refractivity contribution in [2.75, 3.05) is 6.61 Å². The summed E-state index contributed by atoms with van der Waals surface area (Å²) in [4.78, 5) is 10.1. The maximum absolute atomic E-state index is 10.1. The summed E-state index contributed by atoms with van der Waals surface area (Å²) in [7, 11) is 0. The van der Waals surface area contributed by atoms with E-state index < -0.39 is 0 Å². The molecule has 0 radical (unpaired) electrons. The molecule has 0 aromatic heterocycles. The molecule has 1 heterocycles. The highest BCUT2D eigenvalue weighted by atomic mass is 16.5. The average Bonchev–Trinajstić information content (AvgIpc) is 2.46. The second-order valence-corrected chi connectivity index (χ2v) is 5.61. The molecule has 0 aliphatic carbocycles. The monoisotopic (exact) mass is 266 g/mol. The molecule has 1 aliphatic heterocycles. The van der Waals surface area contributed by atoms with Gasteiger partial charge in [0.1, 0.15) is 6.29 Å². The number of ether oxygens (including phenoxy) is 1. The van der Waals surface area contributed by atoms with Gasteiger partial charge in [-0.2, -0.15) is 0 Å². The van der Waals surface area contributed by atoms with Crippen LogP contribution in [0.2, 0.25) is 0 Å². The zero-order valence-electron chi connectivity index (χ0n) is 12.3. The Bertz CT molecular complexity index is 229. The number of allylic oxidation sites excluding steroid dienone is 2. The van der Waals surface area contributed by atoms with E-state index in [1.54, 1.807) is 6.08 Å². The molecule has 2 nitrogen and oxygen atoms in total. The largest absolute Gasteiger partial charge is 0.378 e. The molecule has 1 fully saturated rings. The Morgan fingerprint density at radius 3 is 2.37 bits per heavy atom. The van der Waals surface area contributed by atoms with Crippen LogP contribution >= 0.6 is 0 Å². The van der Waals surface area contributed by atoms with Gasteiger partial charge in [-0.1, -0.05) is 44.6 Å². The highest BCUT2D eigenvalue weighted by molar-refractivity contribution is 5.64. The molecule has 0 bridgehead atoms. The normalized spacial score (nSPS) is 19.9. The molecule has 0 saturated carbocycles. The lowest BCUT2D eigenvalue weighted by Crippen LogP contribution is -2.18. The predicted octanol–water partition coefficient (Wildman–Crippen LogP) is 4.82. The number of unbranched alkanes of at least 4 members (excludes halogenated alkanes) is 7. The van der Waals surface area contributed by atoms with Crippen LogP contribution in [0.15, 0.2) is 12.2 Å². The van der Waals surface area contributed by atoms with Crippen molar-refractivity contribution >= 4 is 6.29 Å². The molecular weight excluding hydrogens is 236 g/mol. The first-order chi connectivity index (χ1) is 9.43. The number of rotatable bonds is 11. The van der Waals surface area contributed by atoms with E-state index in [1.807, 2.05) is 6.08 Å². The summed E-state index contributed by atoms with van der Waals surface area (Å²) in [5, 5.41) is 0. The molecule has 2 heteroatoms. The molecule has 0 aromatic rings. The van der Waals surface area contributed by atoms with Crippen molar-refractivity contribution in [1.82, 2.24) is 0 Å². The third-order valence-corrected chi connectivity index (χ3v) is 3.89. The Kier molecular flexibility index (Phi) is 10.7. The Morgan fingerprint density at radius 2 is 1.68 bits per heavy atom. The van der Waals surface area contributed by atoms with Gasteiger partial charge in [0.15, 0.2) is 0 Å². The standard InChI is InChI=1S/C17H30O2/c18-15-11-8-6-4-2-1-3-5-7-9-13-17-14-10-12-16-19-17/h8,11,15,17H,1-7,9-10,12-14,16H2/b11-8+. The maximum Gasteiger partial charge on any atom is 0.142 e. The molecule has 0 N–H and O–H groups in total. The van der Waals surface area contributed by atoms with E-state index in [0.29, 0.717) is 6.10 Å². The van der Waals surface area contributed by atoms with Gasteiger partial charge in [0, 0.05) is 6.61 Å². The van der Waals surface area contributed by atoms with Gasteiger partial charge < -0.3 is 4.74 Å². The second-order valence-electron chi connectivity index (χ2n) is 5.61. The van der Waals surface area contributed by atoms with E-state index in [0.717, 1.165) is 19.3 Å². The Hall–Kier alpha value is -0.630. The predicted molar refractivity (Wildman–Crippen MR) is 80.3 cm³/mol. The van der Waals surface area contributed by atoms with Crippen LogP contribution in [0.5, 0.6) is 0 Å².